The molecule has 0 aromatic carbocycles. The monoisotopic (exact) mass is 516 g/mol. The van der Waals surface area contributed by atoms with Gasteiger partial charge in [0.05, 0.1) is 38.9 Å². The first-order chi connectivity index (χ1) is 17.1. The number of carboxylic acids is 3. The molecule has 14 heteroatoms. The Kier molecular flexibility index (Phi) is 13.0. The van der Waals surface area contributed by atoms with Crippen LogP contribution in [0.15, 0.2) is 0 Å². The van der Waals surface area contributed by atoms with Crippen molar-refractivity contribution >= 4 is 23.8 Å². The quantitative estimate of drug-likeness (QED) is 0.219. The van der Waals surface area contributed by atoms with Gasteiger partial charge in [0.2, 0.25) is 5.91 Å². The van der Waals surface area contributed by atoms with E-state index in [2.05, 4.69) is 4.90 Å². The van der Waals surface area contributed by atoms with Gasteiger partial charge >= 0.3 is 17.9 Å². The SMILES string of the molecule is NC(=O)C(CCN1CCOCC1)N1CCN(CC(=O)O)CCN(CC(=O)O)CCN(CC(=O)O)CC1. The van der Waals surface area contributed by atoms with Crippen LogP contribution in [0.25, 0.3) is 0 Å². The van der Waals surface area contributed by atoms with Crippen LogP contribution in [0.2, 0.25) is 0 Å². The number of nitrogens with two attached hydrogens (primary N) is 1. The molecule has 0 bridgehead atoms. The van der Waals surface area contributed by atoms with Crippen molar-refractivity contribution in [2.24, 2.45) is 5.73 Å². The van der Waals surface area contributed by atoms with Crippen molar-refractivity contribution in [1.29, 1.82) is 0 Å². The molecular formula is C22H40N6O8. The van der Waals surface area contributed by atoms with Gasteiger partial charge in [-0.25, -0.2) is 0 Å². The number of rotatable bonds is 11. The fraction of sp³-hybridized carbons (Fsp3) is 0.818. The Morgan fingerprint density at radius 2 is 1.03 bits per heavy atom. The second-order valence-electron chi connectivity index (χ2n) is 9.21. The summed E-state index contributed by atoms with van der Waals surface area (Å²) >= 11 is 0. The number of carbonyl (C=O) groups is 4. The minimum Gasteiger partial charge on any atom is -0.480 e. The molecule has 0 spiro atoms. The van der Waals surface area contributed by atoms with Crippen molar-refractivity contribution < 1.29 is 39.2 Å². The lowest BCUT2D eigenvalue weighted by Gasteiger charge is -2.36. The van der Waals surface area contributed by atoms with Crippen molar-refractivity contribution in [3.63, 3.8) is 0 Å². The first-order valence-electron chi connectivity index (χ1n) is 12.3. The highest BCUT2D eigenvalue weighted by Crippen LogP contribution is 2.10. The molecule has 0 aromatic rings. The summed E-state index contributed by atoms with van der Waals surface area (Å²) in [5.41, 5.74) is 5.79. The van der Waals surface area contributed by atoms with Crippen LogP contribution in [-0.2, 0) is 23.9 Å². The number of carboxylic acid groups (broad SMARTS) is 3. The van der Waals surface area contributed by atoms with Crippen LogP contribution in [0.3, 0.4) is 0 Å². The molecule has 36 heavy (non-hydrogen) atoms. The average molecular weight is 517 g/mol. The highest BCUT2D eigenvalue weighted by molar-refractivity contribution is 5.79. The molecule has 5 N–H and O–H groups in total. The highest BCUT2D eigenvalue weighted by atomic mass is 16.5. The van der Waals surface area contributed by atoms with E-state index in [0.717, 1.165) is 13.1 Å². The Morgan fingerprint density at radius 1 is 0.639 bits per heavy atom. The Morgan fingerprint density at radius 3 is 1.39 bits per heavy atom. The zero-order valence-corrected chi connectivity index (χ0v) is 20.8. The lowest BCUT2D eigenvalue weighted by Crippen LogP contribution is -2.53. The smallest absolute Gasteiger partial charge is 0.317 e. The number of morpholine rings is 1. The summed E-state index contributed by atoms with van der Waals surface area (Å²) in [4.78, 5) is 55.9. The molecule has 2 aliphatic heterocycles. The second kappa shape index (κ2) is 15.7. The van der Waals surface area contributed by atoms with Crippen LogP contribution in [0.1, 0.15) is 6.42 Å². The third-order valence-corrected chi connectivity index (χ3v) is 6.54. The number of primary amides is 1. The van der Waals surface area contributed by atoms with Crippen molar-refractivity contribution in [3.8, 4) is 0 Å². The predicted octanol–water partition coefficient (Wildman–Crippen LogP) is -2.96. The van der Waals surface area contributed by atoms with Crippen molar-refractivity contribution in [1.82, 2.24) is 24.5 Å². The Labute approximate surface area is 211 Å². The van der Waals surface area contributed by atoms with Gasteiger partial charge in [-0.1, -0.05) is 0 Å². The second-order valence-corrected chi connectivity index (χ2v) is 9.21. The van der Waals surface area contributed by atoms with Gasteiger partial charge in [-0.3, -0.25) is 43.7 Å². The number of ether oxygens (including phenoxy) is 1. The van der Waals surface area contributed by atoms with Crippen molar-refractivity contribution in [3.05, 3.63) is 0 Å². The van der Waals surface area contributed by atoms with Gasteiger partial charge in [0.1, 0.15) is 0 Å². The number of nitrogens with zero attached hydrogens (tertiary/aromatic N) is 5. The van der Waals surface area contributed by atoms with Gasteiger partial charge in [0.15, 0.2) is 0 Å². The number of hydrogen-bond acceptors (Lipinski definition) is 10. The molecule has 2 heterocycles. The Bertz CT molecular complexity index is 703. The summed E-state index contributed by atoms with van der Waals surface area (Å²) in [6.07, 6.45) is 0.500. The first-order valence-corrected chi connectivity index (χ1v) is 12.3. The van der Waals surface area contributed by atoms with E-state index in [4.69, 9.17) is 10.5 Å². The summed E-state index contributed by atoms with van der Waals surface area (Å²) in [6, 6.07) is -0.586. The minimum absolute atomic E-state index is 0.213. The first kappa shape index (κ1) is 29.9. The summed E-state index contributed by atoms with van der Waals surface area (Å²) < 4.78 is 5.38. The largest absolute Gasteiger partial charge is 0.480 e. The van der Waals surface area contributed by atoms with E-state index in [-0.39, 0.29) is 19.6 Å². The van der Waals surface area contributed by atoms with E-state index < -0.39 is 29.9 Å². The zero-order valence-electron chi connectivity index (χ0n) is 20.8. The summed E-state index contributed by atoms with van der Waals surface area (Å²) in [7, 11) is 0. The van der Waals surface area contributed by atoms with Gasteiger partial charge in [0.25, 0.3) is 0 Å². The average Bonchev–Trinajstić information content (AvgIpc) is 2.79. The lowest BCUT2D eigenvalue weighted by molar-refractivity contribution is -0.140. The molecule has 2 rings (SSSR count). The van der Waals surface area contributed by atoms with Crippen LogP contribution in [0.5, 0.6) is 0 Å². The van der Waals surface area contributed by atoms with Crippen LogP contribution in [0, 0.1) is 0 Å². The van der Waals surface area contributed by atoms with Gasteiger partial charge in [-0.05, 0) is 6.42 Å². The van der Waals surface area contributed by atoms with Crippen LogP contribution in [0.4, 0.5) is 0 Å². The molecule has 0 radical (unpaired) electrons. The number of amides is 1. The third-order valence-electron chi connectivity index (χ3n) is 6.54. The zero-order chi connectivity index (χ0) is 26.5. The van der Waals surface area contributed by atoms with E-state index in [9.17, 15) is 34.5 Å². The summed E-state index contributed by atoms with van der Waals surface area (Å²) in [5.74, 6) is -3.47. The Hall–Kier alpha value is -2.36. The van der Waals surface area contributed by atoms with Gasteiger partial charge < -0.3 is 25.8 Å². The number of carbonyl (C=O) groups excluding carboxylic acids is 1. The molecule has 0 aromatic heterocycles. The molecular weight excluding hydrogens is 476 g/mol. The van der Waals surface area contributed by atoms with Crippen LogP contribution >= 0.6 is 0 Å². The topological polar surface area (TPSA) is 180 Å². The highest BCUT2D eigenvalue weighted by Gasteiger charge is 2.27. The van der Waals surface area contributed by atoms with Gasteiger partial charge in [0, 0.05) is 72.0 Å². The number of hydrogen-bond donors (Lipinski definition) is 4. The molecule has 2 aliphatic rings. The standard InChI is InChI=1S/C22H40N6O8/c23-22(35)18(1-2-24-11-13-36-14-12-24)28-9-7-26(16-20(31)32)5-3-25(15-19(29)30)4-6-27(8-10-28)17-21(33)34/h18H,1-17H2,(H2,23,35)(H,29,30)(H,31,32)(H,33,34). The third kappa shape index (κ3) is 11.6. The van der Waals surface area contributed by atoms with E-state index >= 15 is 0 Å². The lowest BCUT2D eigenvalue weighted by atomic mass is 10.1. The van der Waals surface area contributed by atoms with E-state index in [1.165, 1.54) is 0 Å². The van der Waals surface area contributed by atoms with E-state index in [0.29, 0.717) is 78.5 Å². The molecule has 0 aliphatic carbocycles. The molecule has 2 saturated heterocycles. The maximum absolute atomic E-state index is 12.5. The molecule has 1 atom stereocenters. The molecule has 206 valence electrons. The van der Waals surface area contributed by atoms with E-state index in [1.54, 1.807) is 14.7 Å². The van der Waals surface area contributed by atoms with Gasteiger partial charge in [-0.2, -0.15) is 0 Å². The number of aliphatic carboxylic acids is 3. The summed E-state index contributed by atoms with van der Waals surface area (Å²) in [5, 5.41) is 28.0. The molecule has 0 saturated carbocycles. The molecule has 14 nitrogen and oxygen atoms in total. The fourth-order valence-corrected chi connectivity index (χ4v) is 4.55. The van der Waals surface area contributed by atoms with E-state index in [1.807, 2.05) is 4.90 Å². The minimum atomic E-state index is -1.01. The normalized spacial score (nSPS) is 21.8. The van der Waals surface area contributed by atoms with Crippen molar-refractivity contribution in [2.45, 2.75) is 12.5 Å². The van der Waals surface area contributed by atoms with Crippen LogP contribution in [-0.4, -0.2) is 175 Å². The molecule has 1 unspecified atom stereocenters. The summed E-state index contributed by atoms with van der Waals surface area (Å²) in [6.45, 7) is 5.52. The molecule has 2 fully saturated rings. The predicted molar refractivity (Wildman–Crippen MR) is 129 cm³/mol. The maximum Gasteiger partial charge on any atom is 0.317 e. The van der Waals surface area contributed by atoms with Gasteiger partial charge in [-0.15, -0.1) is 0 Å². The van der Waals surface area contributed by atoms with Crippen molar-refractivity contribution in [2.75, 3.05) is 105 Å². The maximum atomic E-state index is 12.5. The molecule has 1 amide bonds. The van der Waals surface area contributed by atoms with Crippen LogP contribution < -0.4 is 5.73 Å². The Balaban J connectivity index is 2.18. The fourth-order valence-electron chi connectivity index (χ4n) is 4.55.